The second-order valence-corrected chi connectivity index (χ2v) is 6.48. The standard InChI is InChI=1S/C24H25NO4/c1-27-21-12-14-22(15-13-21)29-18-24(26)25-20-10-5-11-23(17-20)28-16-6-9-19-7-3-2-4-8-19/h2-5,7-8,10-15,17H,6,9,16,18H2,1H3,(H,25,26). The second-order valence-electron chi connectivity index (χ2n) is 6.48. The Morgan fingerprint density at radius 3 is 2.34 bits per heavy atom. The van der Waals surface area contributed by atoms with Gasteiger partial charge in [0.1, 0.15) is 17.2 Å². The van der Waals surface area contributed by atoms with Gasteiger partial charge in [0.25, 0.3) is 5.91 Å². The van der Waals surface area contributed by atoms with Gasteiger partial charge in [-0.3, -0.25) is 4.79 Å². The van der Waals surface area contributed by atoms with Crippen LogP contribution in [0.25, 0.3) is 0 Å². The molecule has 0 aromatic heterocycles. The van der Waals surface area contributed by atoms with Gasteiger partial charge in [0.2, 0.25) is 0 Å². The highest BCUT2D eigenvalue weighted by molar-refractivity contribution is 5.92. The number of benzene rings is 3. The number of anilines is 1. The average Bonchev–Trinajstić information content (AvgIpc) is 2.77. The number of methoxy groups -OCH3 is 1. The van der Waals surface area contributed by atoms with Gasteiger partial charge in [-0.15, -0.1) is 0 Å². The minimum atomic E-state index is -0.234. The van der Waals surface area contributed by atoms with Gasteiger partial charge >= 0.3 is 0 Å². The highest BCUT2D eigenvalue weighted by Crippen LogP contribution is 2.19. The molecule has 0 fully saturated rings. The summed E-state index contributed by atoms with van der Waals surface area (Å²) >= 11 is 0. The topological polar surface area (TPSA) is 56.8 Å². The average molecular weight is 391 g/mol. The van der Waals surface area contributed by atoms with Crippen LogP contribution in [0, 0.1) is 0 Å². The minimum Gasteiger partial charge on any atom is -0.497 e. The number of ether oxygens (including phenoxy) is 3. The first kappa shape index (κ1) is 20.3. The van der Waals surface area contributed by atoms with Crippen molar-refractivity contribution in [1.29, 1.82) is 0 Å². The molecule has 29 heavy (non-hydrogen) atoms. The molecule has 3 aromatic carbocycles. The fourth-order valence-electron chi connectivity index (χ4n) is 2.79. The van der Waals surface area contributed by atoms with E-state index >= 15 is 0 Å². The molecule has 1 amide bonds. The number of rotatable bonds is 10. The molecule has 0 atom stereocenters. The van der Waals surface area contributed by atoms with Crippen molar-refractivity contribution in [2.45, 2.75) is 12.8 Å². The van der Waals surface area contributed by atoms with Gasteiger partial charge in [-0.25, -0.2) is 0 Å². The number of hydrogen-bond donors (Lipinski definition) is 1. The Morgan fingerprint density at radius 1 is 0.828 bits per heavy atom. The Labute approximate surface area is 171 Å². The molecule has 5 nitrogen and oxygen atoms in total. The van der Waals surface area contributed by atoms with E-state index in [1.165, 1.54) is 5.56 Å². The van der Waals surface area contributed by atoms with Crippen molar-refractivity contribution in [3.63, 3.8) is 0 Å². The zero-order valence-electron chi connectivity index (χ0n) is 16.5. The number of hydrogen-bond acceptors (Lipinski definition) is 4. The molecule has 3 aromatic rings. The molecule has 0 unspecified atom stereocenters. The molecule has 0 aliphatic heterocycles. The molecule has 0 saturated carbocycles. The summed E-state index contributed by atoms with van der Waals surface area (Å²) in [5.74, 6) is 1.84. The molecule has 0 aliphatic rings. The van der Waals surface area contributed by atoms with Crippen LogP contribution < -0.4 is 19.5 Å². The Kier molecular flexibility index (Phi) is 7.52. The first-order valence-electron chi connectivity index (χ1n) is 9.56. The van der Waals surface area contributed by atoms with Crippen LogP contribution in [0.5, 0.6) is 17.2 Å². The van der Waals surface area contributed by atoms with E-state index in [-0.39, 0.29) is 12.5 Å². The summed E-state index contributed by atoms with van der Waals surface area (Å²) in [5, 5.41) is 2.82. The summed E-state index contributed by atoms with van der Waals surface area (Å²) in [6, 6.07) is 24.8. The first-order chi connectivity index (χ1) is 14.2. The number of amides is 1. The van der Waals surface area contributed by atoms with Crippen LogP contribution in [-0.2, 0) is 11.2 Å². The summed E-state index contributed by atoms with van der Waals surface area (Å²) in [5.41, 5.74) is 1.97. The minimum absolute atomic E-state index is 0.0749. The monoisotopic (exact) mass is 391 g/mol. The lowest BCUT2D eigenvalue weighted by atomic mass is 10.1. The number of aryl methyl sites for hydroxylation is 1. The molecule has 1 N–H and O–H groups in total. The van der Waals surface area contributed by atoms with Crippen LogP contribution in [0.3, 0.4) is 0 Å². The van der Waals surface area contributed by atoms with E-state index in [1.807, 2.05) is 42.5 Å². The first-order valence-corrected chi connectivity index (χ1v) is 9.56. The lowest BCUT2D eigenvalue weighted by Crippen LogP contribution is -2.20. The third-order valence-electron chi connectivity index (χ3n) is 4.27. The molecular weight excluding hydrogens is 366 g/mol. The van der Waals surface area contributed by atoms with Gasteiger partial charge in [0.05, 0.1) is 13.7 Å². The third kappa shape index (κ3) is 6.88. The van der Waals surface area contributed by atoms with E-state index in [0.717, 1.165) is 24.3 Å². The molecule has 0 heterocycles. The van der Waals surface area contributed by atoms with Crippen molar-refractivity contribution in [2.24, 2.45) is 0 Å². The van der Waals surface area contributed by atoms with Crippen LogP contribution in [0.1, 0.15) is 12.0 Å². The summed E-state index contributed by atoms with van der Waals surface area (Å²) < 4.78 is 16.4. The van der Waals surface area contributed by atoms with Crippen LogP contribution in [-0.4, -0.2) is 26.2 Å². The molecule has 150 valence electrons. The third-order valence-corrected chi connectivity index (χ3v) is 4.27. The highest BCUT2D eigenvalue weighted by atomic mass is 16.5. The molecule has 3 rings (SSSR count). The largest absolute Gasteiger partial charge is 0.497 e. The van der Waals surface area contributed by atoms with Gasteiger partial charge in [-0.2, -0.15) is 0 Å². The summed E-state index contributed by atoms with van der Waals surface area (Å²) in [4.78, 5) is 12.1. The Balaban J connectivity index is 1.41. The van der Waals surface area contributed by atoms with Gasteiger partial charge in [-0.05, 0) is 54.8 Å². The van der Waals surface area contributed by atoms with Gasteiger partial charge in [0.15, 0.2) is 6.61 Å². The van der Waals surface area contributed by atoms with Crippen LogP contribution >= 0.6 is 0 Å². The molecule has 0 radical (unpaired) electrons. The van der Waals surface area contributed by atoms with Crippen molar-refractivity contribution < 1.29 is 19.0 Å². The lowest BCUT2D eigenvalue weighted by Gasteiger charge is -2.10. The van der Waals surface area contributed by atoms with Crippen LogP contribution in [0.15, 0.2) is 78.9 Å². The zero-order chi connectivity index (χ0) is 20.3. The van der Waals surface area contributed by atoms with Crippen molar-refractivity contribution >= 4 is 11.6 Å². The number of carbonyl (C=O) groups excluding carboxylic acids is 1. The van der Waals surface area contributed by atoms with E-state index in [4.69, 9.17) is 14.2 Å². The Bertz CT molecular complexity index is 894. The smallest absolute Gasteiger partial charge is 0.262 e. The quantitative estimate of drug-likeness (QED) is 0.508. The number of nitrogens with one attached hydrogen (secondary N) is 1. The van der Waals surface area contributed by atoms with E-state index in [1.54, 1.807) is 31.4 Å². The van der Waals surface area contributed by atoms with Gasteiger partial charge < -0.3 is 19.5 Å². The van der Waals surface area contributed by atoms with Crippen LogP contribution in [0.4, 0.5) is 5.69 Å². The number of carbonyl (C=O) groups is 1. The van der Waals surface area contributed by atoms with Crippen molar-refractivity contribution in [2.75, 3.05) is 25.6 Å². The maximum atomic E-state index is 12.1. The summed E-state index contributed by atoms with van der Waals surface area (Å²) in [7, 11) is 1.60. The summed E-state index contributed by atoms with van der Waals surface area (Å²) in [6.07, 6.45) is 1.90. The predicted molar refractivity (Wildman–Crippen MR) is 114 cm³/mol. The summed E-state index contributed by atoms with van der Waals surface area (Å²) in [6.45, 7) is 0.543. The van der Waals surface area contributed by atoms with Crippen molar-refractivity contribution in [1.82, 2.24) is 0 Å². The fraction of sp³-hybridized carbons (Fsp3) is 0.208. The van der Waals surface area contributed by atoms with Crippen molar-refractivity contribution in [3.8, 4) is 17.2 Å². The predicted octanol–water partition coefficient (Wildman–Crippen LogP) is 4.72. The molecule has 0 saturated heterocycles. The molecule has 0 aliphatic carbocycles. The normalized spacial score (nSPS) is 10.2. The van der Waals surface area contributed by atoms with E-state index in [0.29, 0.717) is 18.0 Å². The molecule has 0 spiro atoms. The van der Waals surface area contributed by atoms with E-state index in [2.05, 4.69) is 17.4 Å². The maximum absolute atomic E-state index is 12.1. The second kappa shape index (κ2) is 10.8. The van der Waals surface area contributed by atoms with Crippen LogP contribution in [0.2, 0.25) is 0 Å². The SMILES string of the molecule is COc1ccc(OCC(=O)Nc2cccc(OCCCc3ccccc3)c2)cc1. The van der Waals surface area contributed by atoms with Gasteiger partial charge in [-0.1, -0.05) is 36.4 Å². The highest BCUT2D eigenvalue weighted by Gasteiger charge is 2.05. The Morgan fingerprint density at radius 2 is 1.59 bits per heavy atom. The zero-order valence-corrected chi connectivity index (χ0v) is 16.5. The van der Waals surface area contributed by atoms with E-state index < -0.39 is 0 Å². The maximum Gasteiger partial charge on any atom is 0.262 e. The molecular formula is C24H25NO4. The molecule has 5 heteroatoms. The van der Waals surface area contributed by atoms with Gasteiger partial charge in [0, 0.05) is 11.8 Å². The van der Waals surface area contributed by atoms with E-state index in [9.17, 15) is 4.79 Å². The lowest BCUT2D eigenvalue weighted by molar-refractivity contribution is -0.118. The molecule has 0 bridgehead atoms. The fourth-order valence-corrected chi connectivity index (χ4v) is 2.79. The Hall–Kier alpha value is -3.47. The van der Waals surface area contributed by atoms with Crippen molar-refractivity contribution in [3.05, 3.63) is 84.4 Å².